The van der Waals surface area contributed by atoms with Gasteiger partial charge in [-0.2, -0.15) is 5.26 Å². The van der Waals surface area contributed by atoms with Gasteiger partial charge in [0.2, 0.25) is 5.95 Å². The van der Waals surface area contributed by atoms with Crippen LogP contribution in [-0.4, -0.2) is 15.0 Å². The molecule has 0 aliphatic heterocycles. The first-order valence-electron chi connectivity index (χ1n) is 6.06. The number of nitrogens with zero attached hydrogens (tertiary/aromatic N) is 4. The van der Waals surface area contributed by atoms with Crippen molar-refractivity contribution in [3.8, 4) is 16.6 Å². The van der Waals surface area contributed by atoms with Crippen LogP contribution in [0.5, 0.6) is 0 Å². The van der Waals surface area contributed by atoms with Crippen LogP contribution in [0.15, 0.2) is 42.7 Å². The first-order valence-corrected chi connectivity index (χ1v) is 6.88. The van der Waals surface area contributed by atoms with Gasteiger partial charge < -0.3 is 11.1 Å². The lowest BCUT2D eigenvalue weighted by Gasteiger charge is -2.05. The summed E-state index contributed by atoms with van der Waals surface area (Å²) < 4.78 is 0. The molecule has 1 aromatic carbocycles. The number of nitrogens with two attached hydrogens (primary N) is 1. The normalized spacial score (nSPS) is 10.0. The highest BCUT2D eigenvalue weighted by Crippen LogP contribution is 2.26. The van der Waals surface area contributed by atoms with Crippen molar-refractivity contribution in [2.45, 2.75) is 0 Å². The van der Waals surface area contributed by atoms with Crippen LogP contribution >= 0.6 is 11.3 Å². The van der Waals surface area contributed by atoms with Gasteiger partial charge in [0, 0.05) is 18.1 Å². The predicted molar refractivity (Wildman–Crippen MR) is 82.0 cm³/mol. The van der Waals surface area contributed by atoms with Crippen molar-refractivity contribution < 1.29 is 0 Å². The van der Waals surface area contributed by atoms with E-state index in [1.807, 2.05) is 6.07 Å². The van der Waals surface area contributed by atoms with Gasteiger partial charge in [0.05, 0.1) is 22.2 Å². The zero-order valence-corrected chi connectivity index (χ0v) is 11.6. The monoisotopic (exact) mass is 294 g/mol. The van der Waals surface area contributed by atoms with Crippen molar-refractivity contribution in [3.63, 3.8) is 0 Å². The van der Waals surface area contributed by atoms with Gasteiger partial charge in [-0.05, 0) is 24.3 Å². The fourth-order valence-electron chi connectivity index (χ4n) is 1.76. The van der Waals surface area contributed by atoms with Gasteiger partial charge in [-0.15, -0.1) is 0 Å². The van der Waals surface area contributed by atoms with Crippen molar-refractivity contribution in [1.29, 1.82) is 5.26 Å². The number of rotatable bonds is 3. The molecule has 2 aromatic heterocycles. The Morgan fingerprint density at radius 2 is 2.14 bits per heavy atom. The molecule has 0 aliphatic rings. The van der Waals surface area contributed by atoms with Crippen LogP contribution in [0.2, 0.25) is 0 Å². The molecule has 0 amide bonds. The molecule has 21 heavy (non-hydrogen) atoms. The molecule has 3 rings (SSSR count). The minimum absolute atomic E-state index is 0.453. The van der Waals surface area contributed by atoms with Gasteiger partial charge >= 0.3 is 0 Å². The molecule has 2 heterocycles. The van der Waals surface area contributed by atoms with Crippen LogP contribution in [0.4, 0.5) is 16.8 Å². The summed E-state index contributed by atoms with van der Waals surface area (Å²) in [7, 11) is 0. The van der Waals surface area contributed by atoms with Crippen LogP contribution in [0.25, 0.3) is 10.6 Å². The Morgan fingerprint density at radius 3 is 2.90 bits per heavy atom. The van der Waals surface area contributed by atoms with E-state index in [9.17, 15) is 0 Å². The first-order chi connectivity index (χ1) is 10.2. The Balaban J connectivity index is 1.88. The second-order valence-corrected chi connectivity index (χ2v) is 5.21. The molecule has 0 fully saturated rings. The highest BCUT2D eigenvalue weighted by molar-refractivity contribution is 7.18. The lowest BCUT2D eigenvalue weighted by atomic mass is 10.2. The molecule has 0 atom stereocenters. The summed E-state index contributed by atoms with van der Waals surface area (Å²) in [4.78, 5) is 13.5. The summed E-state index contributed by atoms with van der Waals surface area (Å²) in [6, 6.07) is 11.0. The Morgan fingerprint density at radius 1 is 1.24 bits per heavy atom. The minimum atomic E-state index is 0.453. The van der Waals surface area contributed by atoms with Crippen molar-refractivity contribution in [2.75, 3.05) is 11.1 Å². The van der Waals surface area contributed by atoms with Crippen LogP contribution in [-0.2, 0) is 0 Å². The summed E-state index contributed by atoms with van der Waals surface area (Å²) in [5.74, 6) is 0.453. The minimum Gasteiger partial charge on any atom is -0.375 e. The van der Waals surface area contributed by atoms with E-state index in [0.29, 0.717) is 16.6 Å². The number of hydrogen-bond donors (Lipinski definition) is 2. The van der Waals surface area contributed by atoms with E-state index in [1.54, 1.807) is 36.7 Å². The second kappa shape index (κ2) is 5.56. The van der Waals surface area contributed by atoms with Gasteiger partial charge in [-0.25, -0.2) is 15.0 Å². The quantitative estimate of drug-likeness (QED) is 0.770. The molecule has 0 unspecified atom stereocenters. The molecule has 0 radical (unpaired) electrons. The third-order valence-electron chi connectivity index (χ3n) is 2.68. The van der Waals surface area contributed by atoms with Crippen molar-refractivity contribution >= 4 is 28.1 Å². The Kier molecular flexibility index (Phi) is 3.45. The Labute approximate surface area is 124 Å². The van der Waals surface area contributed by atoms with E-state index in [1.165, 1.54) is 11.3 Å². The van der Waals surface area contributed by atoms with E-state index < -0.39 is 0 Å². The van der Waals surface area contributed by atoms with Crippen LogP contribution in [0, 0.1) is 11.3 Å². The third-order valence-corrected chi connectivity index (χ3v) is 3.53. The highest BCUT2D eigenvalue weighted by Gasteiger charge is 2.06. The average molecular weight is 294 g/mol. The summed E-state index contributed by atoms with van der Waals surface area (Å²) in [6.45, 7) is 0. The van der Waals surface area contributed by atoms with Gasteiger partial charge in [-0.1, -0.05) is 17.4 Å². The summed E-state index contributed by atoms with van der Waals surface area (Å²) >= 11 is 1.37. The van der Waals surface area contributed by atoms with Crippen LogP contribution in [0.3, 0.4) is 0 Å². The zero-order valence-electron chi connectivity index (χ0n) is 10.8. The topological polar surface area (TPSA) is 101 Å². The first kappa shape index (κ1) is 13.0. The highest BCUT2D eigenvalue weighted by atomic mass is 32.1. The summed E-state index contributed by atoms with van der Waals surface area (Å²) in [5, 5.41) is 12.5. The van der Waals surface area contributed by atoms with E-state index in [-0.39, 0.29) is 0 Å². The number of hydrogen-bond acceptors (Lipinski definition) is 7. The molecule has 0 spiro atoms. The lowest BCUT2D eigenvalue weighted by Crippen LogP contribution is -1.97. The summed E-state index contributed by atoms with van der Waals surface area (Å²) in [6.07, 6.45) is 3.34. The third kappa shape index (κ3) is 2.96. The molecule has 0 saturated carbocycles. The van der Waals surface area contributed by atoms with Gasteiger partial charge in [0.1, 0.15) is 0 Å². The molecule has 0 aliphatic carbocycles. The second-order valence-electron chi connectivity index (χ2n) is 4.15. The van der Waals surface area contributed by atoms with Crippen LogP contribution < -0.4 is 11.1 Å². The fourth-order valence-corrected chi connectivity index (χ4v) is 2.41. The lowest BCUT2D eigenvalue weighted by molar-refractivity contribution is 1.17. The largest absolute Gasteiger partial charge is 0.375 e. The number of nitriles is 1. The van der Waals surface area contributed by atoms with Crippen LogP contribution in [0.1, 0.15) is 5.56 Å². The van der Waals surface area contributed by atoms with Gasteiger partial charge in [0.25, 0.3) is 0 Å². The molecular formula is C14H10N6S. The number of thiazole rings is 1. The Bertz CT molecular complexity index is 820. The molecule has 102 valence electrons. The van der Waals surface area contributed by atoms with E-state index in [0.717, 1.165) is 16.3 Å². The number of aromatic nitrogens is 3. The van der Waals surface area contributed by atoms with Gasteiger partial charge in [-0.3, -0.25) is 0 Å². The van der Waals surface area contributed by atoms with Crippen molar-refractivity contribution in [1.82, 2.24) is 15.0 Å². The molecule has 6 nitrogen and oxygen atoms in total. The van der Waals surface area contributed by atoms with Crippen molar-refractivity contribution in [2.24, 2.45) is 0 Å². The van der Waals surface area contributed by atoms with Gasteiger partial charge in [0.15, 0.2) is 5.13 Å². The maximum absolute atomic E-state index is 8.90. The SMILES string of the molecule is N#Cc1cccc(Nc2nccc(-c3cnc(N)s3)n2)c1. The molecule has 7 heteroatoms. The number of anilines is 3. The zero-order chi connectivity index (χ0) is 14.7. The predicted octanol–water partition coefficient (Wildman–Crippen LogP) is 2.80. The Hall–Kier alpha value is -2.98. The maximum Gasteiger partial charge on any atom is 0.227 e. The molecule has 3 N–H and O–H groups in total. The molecule has 0 bridgehead atoms. The van der Waals surface area contributed by atoms with Crippen molar-refractivity contribution in [3.05, 3.63) is 48.3 Å². The average Bonchev–Trinajstić information content (AvgIpc) is 2.94. The number of nitrogens with one attached hydrogen (secondary N) is 1. The fraction of sp³-hybridized carbons (Fsp3) is 0. The number of benzene rings is 1. The van der Waals surface area contributed by atoms with E-state index in [2.05, 4.69) is 26.3 Å². The smallest absolute Gasteiger partial charge is 0.227 e. The maximum atomic E-state index is 8.90. The van der Waals surface area contributed by atoms with E-state index >= 15 is 0 Å². The molecule has 0 saturated heterocycles. The summed E-state index contributed by atoms with van der Waals surface area (Å²) in [5.41, 5.74) is 7.71. The molecular weight excluding hydrogens is 284 g/mol. The molecule has 3 aromatic rings. The van der Waals surface area contributed by atoms with E-state index in [4.69, 9.17) is 11.0 Å². The standard InChI is InChI=1S/C14H10N6S/c15-7-9-2-1-3-10(6-9)19-14-17-5-4-11(20-14)12-8-18-13(16)21-12/h1-6,8H,(H2,16,18)(H,17,19,20). The number of nitrogen functional groups attached to an aromatic ring is 1.